The van der Waals surface area contributed by atoms with Crippen LogP contribution in [0.4, 0.5) is 5.69 Å². The first kappa shape index (κ1) is 15.6. The minimum Gasteiger partial charge on any atom is -0.478 e. The second-order valence-electron chi connectivity index (χ2n) is 3.91. The summed E-state index contributed by atoms with van der Waals surface area (Å²) in [6, 6.07) is 4.79. The van der Waals surface area contributed by atoms with Gasteiger partial charge in [-0.05, 0) is 24.3 Å². The maximum atomic E-state index is 12.3. The van der Waals surface area contributed by atoms with Gasteiger partial charge in [0.15, 0.2) is 0 Å². The van der Waals surface area contributed by atoms with Crippen molar-refractivity contribution in [1.29, 1.82) is 0 Å². The minimum atomic E-state index is -4.09. The molecule has 0 unspecified atom stereocenters. The molecule has 0 radical (unpaired) electrons. The molecule has 2 N–H and O–H groups in total. The molecule has 6 nitrogen and oxygen atoms in total. The Morgan fingerprint density at radius 3 is 2.52 bits per heavy atom. The number of aromatic carboxylic acids is 1. The van der Waals surface area contributed by atoms with Gasteiger partial charge in [0.05, 0.1) is 27.5 Å². The van der Waals surface area contributed by atoms with Gasteiger partial charge in [-0.1, -0.05) is 23.2 Å². The van der Waals surface area contributed by atoms with Gasteiger partial charge in [-0.3, -0.25) is 9.71 Å². The number of nitrogens with zero attached hydrogens (tertiary/aromatic N) is 1. The van der Waals surface area contributed by atoms with E-state index in [1.54, 1.807) is 0 Å². The highest BCUT2D eigenvalue weighted by Crippen LogP contribution is 2.27. The Bertz CT molecular complexity index is 809. The van der Waals surface area contributed by atoms with Crippen molar-refractivity contribution in [2.24, 2.45) is 0 Å². The molecule has 0 spiro atoms. The summed E-state index contributed by atoms with van der Waals surface area (Å²) in [6.07, 6.45) is 2.63. The fourth-order valence-corrected chi connectivity index (χ4v) is 3.29. The summed E-state index contributed by atoms with van der Waals surface area (Å²) in [4.78, 5) is 14.3. The molecule has 0 atom stereocenters. The van der Waals surface area contributed by atoms with Gasteiger partial charge < -0.3 is 5.11 Å². The number of rotatable bonds is 4. The first-order valence-corrected chi connectivity index (χ1v) is 7.70. The number of sulfonamides is 1. The van der Waals surface area contributed by atoms with E-state index in [0.717, 1.165) is 6.07 Å². The molecule has 0 aliphatic rings. The second kappa shape index (κ2) is 5.88. The van der Waals surface area contributed by atoms with E-state index in [9.17, 15) is 13.2 Å². The van der Waals surface area contributed by atoms with Crippen LogP contribution in [0.2, 0.25) is 10.0 Å². The maximum absolute atomic E-state index is 12.3. The van der Waals surface area contributed by atoms with Crippen molar-refractivity contribution >= 4 is 44.9 Å². The number of hydrogen-bond acceptors (Lipinski definition) is 4. The third kappa shape index (κ3) is 3.44. The standard InChI is InChI=1S/C12H8Cl2N2O4S/c13-8-3-4-15-6-10(8)16-21(19,20)11-5-7(12(17)18)1-2-9(11)14/h1-6,16H,(H,17,18). The SMILES string of the molecule is O=C(O)c1ccc(Cl)c(S(=O)(=O)Nc2cnccc2Cl)c1. The molecule has 21 heavy (non-hydrogen) atoms. The fraction of sp³-hybridized carbons (Fsp3) is 0. The van der Waals surface area contributed by atoms with Crippen LogP contribution in [0.5, 0.6) is 0 Å². The highest BCUT2D eigenvalue weighted by atomic mass is 35.5. The molecule has 0 bridgehead atoms. The van der Waals surface area contributed by atoms with E-state index >= 15 is 0 Å². The second-order valence-corrected chi connectivity index (χ2v) is 6.38. The molecular weight excluding hydrogens is 339 g/mol. The van der Waals surface area contributed by atoms with Gasteiger partial charge >= 0.3 is 5.97 Å². The number of carboxylic acid groups (broad SMARTS) is 1. The van der Waals surface area contributed by atoms with E-state index in [2.05, 4.69) is 9.71 Å². The summed E-state index contributed by atoms with van der Waals surface area (Å²) in [6.45, 7) is 0. The van der Waals surface area contributed by atoms with Crippen LogP contribution in [-0.4, -0.2) is 24.5 Å². The molecule has 0 saturated heterocycles. The Balaban J connectivity index is 2.47. The van der Waals surface area contributed by atoms with Gasteiger partial charge in [-0.15, -0.1) is 0 Å². The number of halogens is 2. The molecular formula is C12H8Cl2N2O4S. The zero-order chi connectivity index (χ0) is 15.6. The summed E-state index contributed by atoms with van der Waals surface area (Å²) in [5, 5.41) is 8.96. The third-order valence-electron chi connectivity index (χ3n) is 2.48. The monoisotopic (exact) mass is 346 g/mol. The molecule has 0 fully saturated rings. The predicted octanol–water partition coefficient (Wildman–Crippen LogP) is 2.89. The van der Waals surface area contributed by atoms with Crippen molar-refractivity contribution in [3.05, 3.63) is 52.3 Å². The third-order valence-corrected chi connectivity index (χ3v) is 4.66. The van der Waals surface area contributed by atoms with Crippen LogP contribution >= 0.6 is 23.2 Å². The number of carboxylic acids is 1. The summed E-state index contributed by atoms with van der Waals surface area (Å²) in [7, 11) is -4.09. The lowest BCUT2D eigenvalue weighted by Crippen LogP contribution is -2.15. The summed E-state index contributed by atoms with van der Waals surface area (Å²) < 4.78 is 26.8. The number of pyridine rings is 1. The Hall–Kier alpha value is -1.83. The van der Waals surface area contributed by atoms with Gasteiger partial charge in [0.25, 0.3) is 10.0 Å². The number of benzene rings is 1. The van der Waals surface area contributed by atoms with E-state index < -0.39 is 16.0 Å². The van der Waals surface area contributed by atoms with E-state index in [0.29, 0.717) is 0 Å². The summed E-state index contributed by atoms with van der Waals surface area (Å²) in [5.74, 6) is -1.26. The highest BCUT2D eigenvalue weighted by molar-refractivity contribution is 7.92. The first-order chi connectivity index (χ1) is 9.81. The van der Waals surface area contributed by atoms with E-state index in [-0.39, 0.29) is 26.2 Å². The summed E-state index contributed by atoms with van der Waals surface area (Å²) in [5.41, 5.74) is -0.131. The van der Waals surface area contributed by atoms with Crippen LogP contribution in [0.3, 0.4) is 0 Å². The lowest BCUT2D eigenvalue weighted by molar-refractivity contribution is 0.0696. The summed E-state index contributed by atoms with van der Waals surface area (Å²) >= 11 is 11.7. The van der Waals surface area contributed by atoms with Crippen LogP contribution < -0.4 is 4.72 Å². The van der Waals surface area contributed by atoms with Crippen molar-refractivity contribution < 1.29 is 18.3 Å². The molecule has 1 aromatic heterocycles. The maximum Gasteiger partial charge on any atom is 0.335 e. The molecule has 0 amide bonds. The molecule has 0 aliphatic heterocycles. The van der Waals surface area contributed by atoms with Gasteiger partial charge in [-0.25, -0.2) is 13.2 Å². The van der Waals surface area contributed by atoms with Crippen molar-refractivity contribution in [2.45, 2.75) is 4.90 Å². The predicted molar refractivity (Wildman–Crippen MR) is 78.5 cm³/mol. The normalized spacial score (nSPS) is 11.1. The number of hydrogen-bond donors (Lipinski definition) is 2. The highest BCUT2D eigenvalue weighted by Gasteiger charge is 2.21. The lowest BCUT2D eigenvalue weighted by Gasteiger charge is -2.10. The quantitative estimate of drug-likeness (QED) is 0.887. The van der Waals surface area contributed by atoms with Crippen molar-refractivity contribution in [2.75, 3.05) is 4.72 Å². The molecule has 110 valence electrons. The molecule has 9 heteroatoms. The molecule has 0 aliphatic carbocycles. The molecule has 1 heterocycles. The number of anilines is 1. The average Bonchev–Trinajstić information content (AvgIpc) is 2.41. The van der Waals surface area contributed by atoms with Crippen molar-refractivity contribution in [1.82, 2.24) is 4.98 Å². The largest absolute Gasteiger partial charge is 0.478 e. The van der Waals surface area contributed by atoms with Crippen molar-refractivity contribution in [3.8, 4) is 0 Å². The van der Waals surface area contributed by atoms with E-state index in [1.807, 2.05) is 0 Å². The van der Waals surface area contributed by atoms with Crippen LogP contribution in [0, 0.1) is 0 Å². The number of nitrogens with one attached hydrogen (secondary N) is 1. The molecule has 2 rings (SSSR count). The number of carbonyl (C=O) groups is 1. The van der Waals surface area contributed by atoms with Crippen LogP contribution in [0.1, 0.15) is 10.4 Å². The minimum absolute atomic E-state index is 0.0657. The van der Waals surface area contributed by atoms with E-state index in [4.69, 9.17) is 28.3 Å². The number of aromatic nitrogens is 1. The molecule has 1 aromatic carbocycles. The molecule has 2 aromatic rings. The van der Waals surface area contributed by atoms with Gasteiger partial charge in [0, 0.05) is 6.20 Å². The van der Waals surface area contributed by atoms with Crippen LogP contribution in [0.15, 0.2) is 41.6 Å². The molecule has 0 saturated carbocycles. The lowest BCUT2D eigenvalue weighted by atomic mass is 10.2. The van der Waals surface area contributed by atoms with Gasteiger partial charge in [-0.2, -0.15) is 0 Å². The van der Waals surface area contributed by atoms with Gasteiger partial charge in [0.1, 0.15) is 4.90 Å². The topological polar surface area (TPSA) is 96.4 Å². The van der Waals surface area contributed by atoms with Crippen LogP contribution in [0.25, 0.3) is 0 Å². The zero-order valence-electron chi connectivity index (χ0n) is 10.2. The first-order valence-electron chi connectivity index (χ1n) is 5.46. The van der Waals surface area contributed by atoms with E-state index in [1.165, 1.54) is 30.6 Å². The van der Waals surface area contributed by atoms with Crippen molar-refractivity contribution in [3.63, 3.8) is 0 Å². The van der Waals surface area contributed by atoms with Crippen LogP contribution in [-0.2, 0) is 10.0 Å². The van der Waals surface area contributed by atoms with Gasteiger partial charge in [0.2, 0.25) is 0 Å². The Morgan fingerprint density at radius 1 is 1.19 bits per heavy atom. The Kier molecular flexibility index (Phi) is 4.36. The fourth-order valence-electron chi connectivity index (χ4n) is 1.49. The average molecular weight is 347 g/mol. The zero-order valence-corrected chi connectivity index (χ0v) is 12.6. The smallest absolute Gasteiger partial charge is 0.335 e. The Morgan fingerprint density at radius 2 is 1.90 bits per heavy atom. The Labute approximate surface area is 130 Å².